The summed E-state index contributed by atoms with van der Waals surface area (Å²) >= 11 is 0. The molecule has 118 valence electrons. The van der Waals surface area contributed by atoms with Gasteiger partial charge in [0.25, 0.3) is 0 Å². The molecular weight excluding hydrogens is 250 g/mol. The van der Waals surface area contributed by atoms with Gasteiger partial charge in [-0.25, -0.2) is 0 Å². The summed E-state index contributed by atoms with van der Waals surface area (Å²) in [5.74, 6) is 0. The molecule has 0 aromatic rings. The van der Waals surface area contributed by atoms with E-state index in [1.807, 2.05) is 0 Å². The average molecular weight is 283 g/mol. The minimum Gasteiger partial charge on any atom is -0.395 e. The number of aliphatic hydroxyl groups excluding tert-OH is 1. The summed E-state index contributed by atoms with van der Waals surface area (Å²) < 4.78 is 6.48. The van der Waals surface area contributed by atoms with Gasteiger partial charge in [0, 0.05) is 19.1 Å². The van der Waals surface area contributed by atoms with Crippen molar-refractivity contribution in [1.82, 2.24) is 4.90 Å². The highest BCUT2D eigenvalue weighted by atomic mass is 16.5. The zero-order chi connectivity index (χ0) is 14.4. The van der Waals surface area contributed by atoms with E-state index in [4.69, 9.17) is 4.74 Å². The standard InChI is InChI=1S/C17H33NO2/c1-3-15(4-2)18(12-13-19)14-16-8-11-17(20-16)9-6-5-7-10-17/h15-16,19H,3-14H2,1-2H3. The molecule has 2 fully saturated rings. The van der Waals surface area contributed by atoms with Gasteiger partial charge in [-0.3, -0.25) is 4.90 Å². The smallest absolute Gasteiger partial charge is 0.0710 e. The first-order valence-corrected chi connectivity index (χ1v) is 8.75. The van der Waals surface area contributed by atoms with E-state index in [1.54, 1.807) is 0 Å². The van der Waals surface area contributed by atoms with Crippen molar-refractivity contribution in [2.75, 3.05) is 19.7 Å². The zero-order valence-corrected chi connectivity index (χ0v) is 13.4. The van der Waals surface area contributed by atoms with Crippen molar-refractivity contribution in [2.24, 2.45) is 0 Å². The molecule has 1 unspecified atom stereocenters. The molecule has 2 rings (SSSR count). The molecule has 1 atom stereocenters. The molecule has 0 radical (unpaired) electrons. The summed E-state index contributed by atoms with van der Waals surface area (Å²) in [6.07, 6.45) is 11.8. The highest BCUT2D eigenvalue weighted by Gasteiger charge is 2.41. The molecule has 3 heteroatoms. The normalized spacial score (nSPS) is 25.9. The molecule has 0 amide bonds. The fourth-order valence-electron chi connectivity index (χ4n) is 4.21. The molecule has 20 heavy (non-hydrogen) atoms. The topological polar surface area (TPSA) is 32.7 Å². The summed E-state index contributed by atoms with van der Waals surface area (Å²) in [5.41, 5.74) is 0.224. The highest BCUT2D eigenvalue weighted by molar-refractivity contribution is 4.92. The van der Waals surface area contributed by atoms with Gasteiger partial charge >= 0.3 is 0 Å². The Morgan fingerprint density at radius 3 is 2.45 bits per heavy atom. The van der Waals surface area contributed by atoms with Crippen molar-refractivity contribution in [3.8, 4) is 0 Å². The highest BCUT2D eigenvalue weighted by Crippen LogP contribution is 2.42. The van der Waals surface area contributed by atoms with Crippen LogP contribution in [-0.4, -0.2) is 47.4 Å². The molecule has 1 saturated heterocycles. The Morgan fingerprint density at radius 1 is 1.15 bits per heavy atom. The van der Waals surface area contributed by atoms with Crippen LogP contribution in [0.15, 0.2) is 0 Å². The lowest BCUT2D eigenvalue weighted by Crippen LogP contribution is -2.42. The number of ether oxygens (including phenoxy) is 1. The summed E-state index contributed by atoms with van der Waals surface area (Å²) in [6.45, 7) is 6.55. The van der Waals surface area contributed by atoms with Crippen LogP contribution in [0.25, 0.3) is 0 Å². The van der Waals surface area contributed by atoms with E-state index in [0.29, 0.717) is 12.1 Å². The molecule has 0 bridgehead atoms. The Bertz CT molecular complexity index is 272. The first kappa shape index (κ1) is 16.3. The van der Waals surface area contributed by atoms with E-state index in [-0.39, 0.29) is 12.2 Å². The van der Waals surface area contributed by atoms with Crippen molar-refractivity contribution >= 4 is 0 Å². The summed E-state index contributed by atoms with van der Waals surface area (Å²) in [5, 5.41) is 9.31. The summed E-state index contributed by atoms with van der Waals surface area (Å²) in [7, 11) is 0. The van der Waals surface area contributed by atoms with Crippen LogP contribution in [0.1, 0.15) is 71.6 Å². The van der Waals surface area contributed by atoms with Crippen LogP contribution in [-0.2, 0) is 4.74 Å². The van der Waals surface area contributed by atoms with Crippen molar-refractivity contribution in [1.29, 1.82) is 0 Å². The van der Waals surface area contributed by atoms with E-state index >= 15 is 0 Å². The molecule has 1 aliphatic carbocycles. The van der Waals surface area contributed by atoms with Crippen molar-refractivity contribution in [3.05, 3.63) is 0 Å². The quantitative estimate of drug-likeness (QED) is 0.778. The second-order valence-corrected chi connectivity index (χ2v) is 6.71. The number of aliphatic hydroxyl groups is 1. The van der Waals surface area contributed by atoms with Gasteiger partial charge in [0.05, 0.1) is 18.3 Å². The number of rotatable bonds is 7. The Balaban J connectivity index is 1.87. The van der Waals surface area contributed by atoms with Gasteiger partial charge in [-0.15, -0.1) is 0 Å². The lowest BCUT2D eigenvalue weighted by atomic mass is 9.83. The van der Waals surface area contributed by atoms with Crippen molar-refractivity contribution in [2.45, 2.75) is 89.4 Å². The first-order chi connectivity index (χ1) is 9.73. The van der Waals surface area contributed by atoms with Gasteiger partial charge in [-0.2, -0.15) is 0 Å². The Labute approximate surface area is 124 Å². The fraction of sp³-hybridized carbons (Fsp3) is 1.00. The molecule has 0 aromatic carbocycles. The maximum Gasteiger partial charge on any atom is 0.0710 e. The summed E-state index contributed by atoms with van der Waals surface area (Å²) in [6, 6.07) is 0.591. The Kier molecular flexibility index (Phi) is 6.31. The lowest BCUT2D eigenvalue weighted by Gasteiger charge is -2.35. The molecule has 1 N–H and O–H groups in total. The van der Waals surface area contributed by atoms with Crippen LogP contribution in [0, 0.1) is 0 Å². The van der Waals surface area contributed by atoms with Gasteiger partial charge in [0.1, 0.15) is 0 Å². The monoisotopic (exact) mass is 283 g/mol. The molecule has 3 nitrogen and oxygen atoms in total. The van der Waals surface area contributed by atoms with Gasteiger partial charge in [0.2, 0.25) is 0 Å². The Hall–Kier alpha value is -0.120. The molecule has 1 saturated carbocycles. The lowest BCUT2D eigenvalue weighted by molar-refractivity contribution is -0.0758. The summed E-state index contributed by atoms with van der Waals surface area (Å²) in [4.78, 5) is 2.45. The zero-order valence-electron chi connectivity index (χ0n) is 13.4. The van der Waals surface area contributed by atoms with E-state index in [0.717, 1.165) is 25.9 Å². The SMILES string of the molecule is CCC(CC)N(CCO)CC1CCC2(CCCCC2)O1. The maximum absolute atomic E-state index is 9.31. The molecular formula is C17H33NO2. The molecule has 1 heterocycles. The molecule has 2 aliphatic rings. The minimum absolute atomic E-state index is 0.224. The van der Waals surface area contributed by atoms with E-state index in [1.165, 1.54) is 44.9 Å². The van der Waals surface area contributed by atoms with Gasteiger partial charge in [-0.1, -0.05) is 33.1 Å². The van der Waals surface area contributed by atoms with E-state index in [9.17, 15) is 5.11 Å². The predicted molar refractivity (Wildman–Crippen MR) is 83.0 cm³/mol. The van der Waals surface area contributed by atoms with Gasteiger partial charge in [0.15, 0.2) is 0 Å². The third-order valence-electron chi connectivity index (χ3n) is 5.39. The largest absolute Gasteiger partial charge is 0.395 e. The molecule has 0 aromatic heterocycles. The predicted octanol–water partition coefficient (Wildman–Crippen LogP) is 3.35. The van der Waals surface area contributed by atoms with Crippen molar-refractivity contribution in [3.63, 3.8) is 0 Å². The third-order valence-corrected chi connectivity index (χ3v) is 5.39. The molecule has 1 aliphatic heterocycles. The number of hydrogen-bond acceptors (Lipinski definition) is 3. The van der Waals surface area contributed by atoms with Gasteiger partial charge < -0.3 is 9.84 Å². The average Bonchev–Trinajstić information content (AvgIpc) is 2.84. The maximum atomic E-state index is 9.31. The first-order valence-electron chi connectivity index (χ1n) is 8.75. The molecule has 1 spiro atoms. The fourth-order valence-corrected chi connectivity index (χ4v) is 4.21. The number of hydrogen-bond donors (Lipinski definition) is 1. The number of nitrogens with zero attached hydrogens (tertiary/aromatic N) is 1. The Morgan fingerprint density at radius 2 is 1.85 bits per heavy atom. The van der Waals surface area contributed by atoms with Crippen LogP contribution >= 0.6 is 0 Å². The van der Waals surface area contributed by atoms with E-state index < -0.39 is 0 Å². The van der Waals surface area contributed by atoms with Gasteiger partial charge in [-0.05, 0) is 38.5 Å². The van der Waals surface area contributed by atoms with Crippen LogP contribution in [0.2, 0.25) is 0 Å². The van der Waals surface area contributed by atoms with E-state index in [2.05, 4.69) is 18.7 Å². The van der Waals surface area contributed by atoms with Crippen LogP contribution in [0.3, 0.4) is 0 Å². The van der Waals surface area contributed by atoms with Crippen LogP contribution in [0.4, 0.5) is 0 Å². The van der Waals surface area contributed by atoms with Crippen LogP contribution < -0.4 is 0 Å². The van der Waals surface area contributed by atoms with Crippen molar-refractivity contribution < 1.29 is 9.84 Å². The second kappa shape index (κ2) is 7.77. The van der Waals surface area contributed by atoms with Crippen LogP contribution in [0.5, 0.6) is 0 Å². The third kappa shape index (κ3) is 3.96. The second-order valence-electron chi connectivity index (χ2n) is 6.71. The minimum atomic E-state index is 0.224.